The Labute approximate surface area is 81.0 Å². The molecule has 0 aliphatic rings. The monoisotopic (exact) mass is 187 g/mol. The van der Waals surface area contributed by atoms with E-state index in [-0.39, 0.29) is 5.75 Å². The summed E-state index contributed by atoms with van der Waals surface area (Å²) in [4.78, 5) is 14.9. The molecule has 2 rings (SSSR count). The van der Waals surface area contributed by atoms with Crippen LogP contribution < -0.4 is 0 Å². The molecule has 0 atom stereocenters. The minimum absolute atomic E-state index is 0.0121. The molecule has 70 valence electrons. The van der Waals surface area contributed by atoms with Gasteiger partial charge in [-0.25, -0.2) is 0 Å². The zero-order valence-corrected chi connectivity index (χ0v) is 7.69. The third-order valence-corrected chi connectivity index (χ3v) is 2.28. The van der Waals surface area contributed by atoms with Crippen molar-refractivity contribution in [3.63, 3.8) is 0 Å². The number of carbonyl (C=O) groups excluding carboxylic acids is 1. The van der Waals surface area contributed by atoms with Crippen LogP contribution in [-0.2, 0) is 0 Å². The number of phenols is 1. The maximum Gasteiger partial charge on any atom is 0.154 e. The molecular weight excluding hydrogens is 178 g/mol. The Bertz CT molecular complexity index is 506. The van der Waals surface area contributed by atoms with E-state index in [4.69, 9.17) is 0 Å². The molecule has 0 unspecified atom stereocenters. The van der Waals surface area contributed by atoms with Gasteiger partial charge in [0.05, 0.1) is 5.56 Å². The minimum atomic E-state index is 0.0121. The molecule has 14 heavy (non-hydrogen) atoms. The molecular formula is C11H9NO2. The van der Waals surface area contributed by atoms with Gasteiger partial charge in [-0.3, -0.25) is 9.78 Å². The highest BCUT2D eigenvalue weighted by Gasteiger charge is 2.06. The van der Waals surface area contributed by atoms with Gasteiger partial charge in [-0.2, -0.15) is 0 Å². The highest BCUT2D eigenvalue weighted by atomic mass is 16.3. The van der Waals surface area contributed by atoms with Gasteiger partial charge >= 0.3 is 0 Å². The van der Waals surface area contributed by atoms with E-state index in [2.05, 4.69) is 4.98 Å². The van der Waals surface area contributed by atoms with Crippen LogP contribution in [0, 0.1) is 6.92 Å². The van der Waals surface area contributed by atoms with Crippen molar-refractivity contribution < 1.29 is 9.90 Å². The van der Waals surface area contributed by atoms with Crippen molar-refractivity contribution in [3.05, 3.63) is 35.7 Å². The van der Waals surface area contributed by atoms with Crippen LogP contribution in [0.25, 0.3) is 10.8 Å². The molecule has 0 aliphatic heterocycles. The fourth-order valence-electron chi connectivity index (χ4n) is 1.54. The lowest BCUT2D eigenvalue weighted by Crippen LogP contribution is -1.88. The van der Waals surface area contributed by atoms with Crippen molar-refractivity contribution in [2.24, 2.45) is 0 Å². The summed E-state index contributed by atoms with van der Waals surface area (Å²) in [6, 6.07) is 5.01. The molecule has 0 amide bonds. The largest absolute Gasteiger partial charge is 0.507 e. The number of hydrogen-bond donors (Lipinski definition) is 1. The third kappa shape index (κ3) is 1.14. The maximum absolute atomic E-state index is 10.8. The van der Waals surface area contributed by atoms with Crippen LogP contribution >= 0.6 is 0 Å². The molecule has 2 aromatic rings. The van der Waals surface area contributed by atoms with Crippen molar-refractivity contribution in [3.8, 4) is 5.75 Å². The first-order valence-corrected chi connectivity index (χ1v) is 4.26. The number of aldehydes is 1. The number of nitrogens with zero attached hydrogens (tertiary/aromatic N) is 1. The van der Waals surface area contributed by atoms with Crippen LogP contribution in [0.1, 0.15) is 16.1 Å². The maximum atomic E-state index is 10.8. The van der Waals surface area contributed by atoms with Gasteiger partial charge in [-0.15, -0.1) is 0 Å². The van der Waals surface area contributed by atoms with Crippen molar-refractivity contribution >= 4 is 17.1 Å². The van der Waals surface area contributed by atoms with Crippen LogP contribution in [0.5, 0.6) is 5.75 Å². The summed E-state index contributed by atoms with van der Waals surface area (Å²) in [6.45, 7) is 1.87. The van der Waals surface area contributed by atoms with Gasteiger partial charge in [0.15, 0.2) is 6.29 Å². The molecule has 3 nitrogen and oxygen atoms in total. The van der Waals surface area contributed by atoms with Crippen LogP contribution in [0.15, 0.2) is 24.4 Å². The van der Waals surface area contributed by atoms with Gasteiger partial charge in [0, 0.05) is 17.3 Å². The average Bonchev–Trinajstić information content (AvgIpc) is 2.18. The quantitative estimate of drug-likeness (QED) is 0.695. The molecule has 1 heterocycles. The minimum Gasteiger partial charge on any atom is -0.507 e. The van der Waals surface area contributed by atoms with Gasteiger partial charge in [-0.05, 0) is 30.5 Å². The smallest absolute Gasteiger partial charge is 0.154 e. The molecule has 0 fully saturated rings. The van der Waals surface area contributed by atoms with Crippen LogP contribution in [0.4, 0.5) is 0 Å². The zero-order valence-electron chi connectivity index (χ0n) is 7.69. The highest BCUT2D eigenvalue weighted by molar-refractivity contribution is 6.01. The number of fused-ring (bicyclic) bond motifs is 1. The van der Waals surface area contributed by atoms with E-state index in [0.29, 0.717) is 11.8 Å². The number of benzene rings is 1. The third-order valence-electron chi connectivity index (χ3n) is 2.28. The lowest BCUT2D eigenvalue weighted by molar-refractivity contribution is 0.112. The van der Waals surface area contributed by atoms with Gasteiger partial charge in [0.25, 0.3) is 0 Å². The first-order chi connectivity index (χ1) is 6.74. The van der Waals surface area contributed by atoms with Crippen molar-refractivity contribution in [1.29, 1.82) is 0 Å². The molecule has 0 radical (unpaired) electrons. The lowest BCUT2D eigenvalue weighted by atomic mass is 10.0. The first-order valence-electron chi connectivity index (χ1n) is 4.26. The van der Waals surface area contributed by atoms with Gasteiger partial charge in [-0.1, -0.05) is 0 Å². The second-order valence-electron chi connectivity index (χ2n) is 3.11. The predicted octanol–water partition coefficient (Wildman–Crippen LogP) is 2.06. The van der Waals surface area contributed by atoms with Gasteiger partial charge in [0.1, 0.15) is 5.75 Å². The Kier molecular flexibility index (Phi) is 1.93. The van der Waals surface area contributed by atoms with E-state index in [1.54, 1.807) is 18.3 Å². The summed E-state index contributed by atoms with van der Waals surface area (Å²) in [6.07, 6.45) is 2.29. The van der Waals surface area contributed by atoms with E-state index in [0.717, 1.165) is 16.5 Å². The highest BCUT2D eigenvalue weighted by Crippen LogP contribution is 2.26. The SMILES string of the molecule is Cc1nccc2c(C=O)c(O)ccc12. The Morgan fingerprint density at radius 1 is 1.29 bits per heavy atom. The fraction of sp³-hybridized carbons (Fsp3) is 0.0909. The van der Waals surface area contributed by atoms with Crippen molar-refractivity contribution in [2.75, 3.05) is 0 Å². The number of aromatic hydroxyl groups is 1. The topological polar surface area (TPSA) is 50.2 Å². The Hall–Kier alpha value is -1.90. The molecule has 0 saturated heterocycles. The summed E-state index contributed by atoms with van der Waals surface area (Å²) in [5.74, 6) is 0.0121. The predicted molar refractivity (Wildman–Crippen MR) is 53.5 cm³/mol. The summed E-state index contributed by atoms with van der Waals surface area (Å²) in [5, 5.41) is 11.1. The van der Waals surface area contributed by atoms with Gasteiger partial charge < -0.3 is 5.11 Å². The number of aromatic nitrogens is 1. The van der Waals surface area contributed by atoms with Crippen LogP contribution in [0.2, 0.25) is 0 Å². The van der Waals surface area contributed by atoms with Crippen molar-refractivity contribution in [2.45, 2.75) is 6.92 Å². The molecule has 1 N–H and O–H groups in total. The van der Waals surface area contributed by atoms with E-state index in [1.165, 1.54) is 6.07 Å². The molecule has 1 aromatic carbocycles. The molecule has 0 saturated carbocycles. The number of rotatable bonds is 1. The fourth-order valence-corrected chi connectivity index (χ4v) is 1.54. The first kappa shape index (κ1) is 8.69. The number of phenolic OH excluding ortho intramolecular Hbond substituents is 1. The van der Waals surface area contributed by atoms with Gasteiger partial charge in [0.2, 0.25) is 0 Å². The normalized spacial score (nSPS) is 10.4. The summed E-state index contributed by atoms with van der Waals surface area (Å²) >= 11 is 0. The van der Waals surface area contributed by atoms with Crippen molar-refractivity contribution in [1.82, 2.24) is 4.98 Å². The molecule has 0 aliphatic carbocycles. The standard InChI is InChI=1S/C11H9NO2/c1-7-8-2-3-11(14)10(6-13)9(8)4-5-12-7/h2-6,14H,1H3. The van der Waals surface area contributed by atoms with Crippen LogP contribution in [0.3, 0.4) is 0 Å². The van der Waals surface area contributed by atoms with E-state index >= 15 is 0 Å². The lowest BCUT2D eigenvalue weighted by Gasteiger charge is -2.04. The Morgan fingerprint density at radius 3 is 2.79 bits per heavy atom. The second-order valence-corrected chi connectivity index (χ2v) is 3.11. The number of pyridine rings is 1. The summed E-state index contributed by atoms with van der Waals surface area (Å²) < 4.78 is 0. The molecule has 0 bridgehead atoms. The van der Waals surface area contributed by atoms with E-state index < -0.39 is 0 Å². The zero-order chi connectivity index (χ0) is 10.1. The Balaban J connectivity index is 2.95. The number of carbonyl (C=O) groups is 1. The summed E-state index contributed by atoms with van der Waals surface area (Å²) in [7, 11) is 0. The molecule has 3 heteroatoms. The van der Waals surface area contributed by atoms with E-state index in [9.17, 15) is 9.90 Å². The number of hydrogen-bond acceptors (Lipinski definition) is 3. The summed E-state index contributed by atoms with van der Waals surface area (Å²) in [5.41, 5.74) is 1.18. The molecule has 1 aromatic heterocycles. The van der Waals surface area contributed by atoms with Crippen LogP contribution in [-0.4, -0.2) is 16.4 Å². The molecule has 0 spiro atoms. The second kappa shape index (κ2) is 3.10. The average molecular weight is 187 g/mol. The Morgan fingerprint density at radius 2 is 2.07 bits per heavy atom. The van der Waals surface area contributed by atoms with E-state index in [1.807, 2.05) is 6.92 Å². The number of aryl methyl sites for hydroxylation is 1.